The van der Waals surface area contributed by atoms with E-state index in [-0.39, 0.29) is 5.76 Å². The third kappa shape index (κ3) is 1.74. The first-order valence-corrected chi connectivity index (χ1v) is 4.56. The Morgan fingerprint density at radius 1 is 1.62 bits per heavy atom. The summed E-state index contributed by atoms with van der Waals surface area (Å²) in [6.45, 7) is 0. The minimum absolute atomic E-state index is 0.0503. The van der Waals surface area contributed by atoms with Gasteiger partial charge in [-0.1, -0.05) is 19.3 Å². The highest BCUT2D eigenvalue weighted by molar-refractivity contribution is 5.84. The topological polar surface area (TPSA) is 50.4 Å². The Morgan fingerprint density at radius 3 is 2.85 bits per heavy atom. The van der Waals surface area contributed by atoms with Gasteiger partial charge in [-0.15, -0.1) is 0 Å². The Balaban J connectivity index is 2.00. The number of hydrogen-bond donors (Lipinski definition) is 1. The molecule has 1 aliphatic rings. The van der Waals surface area contributed by atoms with Crippen LogP contribution in [-0.2, 0) is 6.42 Å². The van der Waals surface area contributed by atoms with Crippen molar-refractivity contribution in [1.82, 2.24) is 0 Å². The van der Waals surface area contributed by atoms with Gasteiger partial charge in [0.2, 0.25) is 5.76 Å². The lowest BCUT2D eigenvalue weighted by Crippen LogP contribution is -2.13. The molecule has 0 bridgehead atoms. The zero-order chi connectivity index (χ0) is 9.26. The maximum absolute atomic E-state index is 10.5. The smallest absolute Gasteiger partial charge is 0.371 e. The van der Waals surface area contributed by atoms with Gasteiger partial charge in [-0.3, -0.25) is 0 Å². The van der Waals surface area contributed by atoms with Crippen LogP contribution in [0.25, 0.3) is 0 Å². The van der Waals surface area contributed by atoms with E-state index in [0.717, 1.165) is 17.9 Å². The zero-order valence-corrected chi connectivity index (χ0v) is 7.32. The second-order valence-corrected chi connectivity index (χ2v) is 3.63. The Bertz CT molecular complexity index is 310. The molecule has 0 saturated heterocycles. The molecule has 1 N–H and O–H groups in total. The Kier molecular flexibility index (Phi) is 2.08. The van der Waals surface area contributed by atoms with Gasteiger partial charge in [0, 0.05) is 0 Å². The average Bonchev–Trinajstić information content (AvgIpc) is 2.44. The van der Waals surface area contributed by atoms with E-state index in [1.807, 2.05) is 0 Å². The van der Waals surface area contributed by atoms with Crippen molar-refractivity contribution in [2.24, 2.45) is 5.92 Å². The van der Waals surface area contributed by atoms with Crippen molar-refractivity contribution >= 4 is 5.97 Å². The monoisotopic (exact) mass is 180 g/mol. The van der Waals surface area contributed by atoms with Crippen LogP contribution in [0.5, 0.6) is 0 Å². The Labute approximate surface area is 76.4 Å². The van der Waals surface area contributed by atoms with Crippen LogP contribution in [0.4, 0.5) is 0 Å². The van der Waals surface area contributed by atoms with Gasteiger partial charge in [0.05, 0.1) is 6.26 Å². The summed E-state index contributed by atoms with van der Waals surface area (Å²) in [6.07, 6.45) is 6.38. The molecule has 1 heterocycles. The van der Waals surface area contributed by atoms with Gasteiger partial charge in [-0.25, -0.2) is 4.79 Å². The largest absolute Gasteiger partial charge is 0.475 e. The lowest BCUT2D eigenvalue weighted by Gasteiger charge is -2.24. The maximum Gasteiger partial charge on any atom is 0.371 e. The molecule has 1 saturated carbocycles. The molecule has 1 aromatic rings. The van der Waals surface area contributed by atoms with Crippen LogP contribution < -0.4 is 0 Å². The van der Waals surface area contributed by atoms with E-state index in [1.54, 1.807) is 12.3 Å². The van der Waals surface area contributed by atoms with Crippen LogP contribution in [0.15, 0.2) is 16.7 Å². The molecule has 0 spiro atoms. The molecule has 3 nitrogen and oxygen atoms in total. The molecule has 3 heteroatoms. The summed E-state index contributed by atoms with van der Waals surface area (Å²) in [5.74, 6) is -0.187. The van der Waals surface area contributed by atoms with Crippen molar-refractivity contribution in [2.45, 2.75) is 25.7 Å². The molecule has 0 amide bonds. The van der Waals surface area contributed by atoms with Gasteiger partial charge in [0.1, 0.15) is 0 Å². The fraction of sp³-hybridized carbons (Fsp3) is 0.500. The summed E-state index contributed by atoms with van der Waals surface area (Å²) in [5, 5.41) is 8.61. The normalized spacial score (nSPS) is 16.9. The van der Waals surface area contributed by atoms with Crippen LogP contribution in [0.2, 0.25) is 0 Å². The lowest BCUT2D eigenvalue weighted by molar-refractivity contribution is 0.0662. The highest BCUT2D eigenvalue weighted by Crippen LogP contribution is 2.30. The van der Waals surface area contributed by atoms with Gasteiger partial charge < -0.3 is 9.52 Å². The summed E-state index contributed by atoms with van der Waals surface area (Å²) in [5.41, 5.74) is 1.02. The van der Waals surface area contributed by atoms with Crippen molar-refractivity contribution in [3.63, 3.8) is 0 Å². The van der Waals surface area contributed by atoms with Crippen molar-refractivity contribution in [1.29, 1.82) is 0 Å². The maximum atomic E-state index is 10.5. The second kappa shape index (κ2) is 3.24. The molecule has 1 fully saturated rings. The molecule has 0 unspecified atom stereocenters. The highest BCUT2D eigenvalue weighted by atomic mass is 16.4. The van der Waals surface area contributed by atoms with Crippen molar-refractivity contribution < 1.29 is 14.3 Å². The summed E-state index contributed by atoms with van der Waals surface area (Å²) in [6, 6.07) is 1.63. The first-order chi connectivity index (χ1) is 6.25. The minimum Gasteiger partial charge on any atom is -0.475 e. The molecular weight excluding hydrogens is 168 g/mol. The number of furan rings is 1. The molecular formula is C10H12O3. The Morgan fingerprint density at radius 2 is 2.38 bits per heavy atom. The molecule has 0 radical (unpaired) electrons. The minimum atomic E-state index is -0.986. The first kappa shape index (κ1) is 8.35. The van der Waals surface area contributed by atoms with E-state index in [1.165, 1.54) is 19.3 Å². The van der Waals surface area contributed by atoms with Crippen LogP contribution in [-0.4, -0.2) is 11.1 Å². The molecule has 1 aliphatic carbocycles. The average molecular weight is 180 g/mol. The third-order valence-corrected chi connectivity index (χ3v) is 2.61. The molecule has 1 aromatic heterocycles. The van der Waals surface area contributed by atoms with Crippen LogP contribution in [0.3, 0.4) is 0 Å². The molecule has 0 aromatic carbocycles. The Hall–Kier alpha value is -1.25. The van der Waals surface area contributed by atoms with Crippen molar-refractivity contribution in [2.75, 3.05) is 0 Å². The van der Waals surface area contributed by atoms with E-state index in [0.29, 0.717) is 0 Å². The lowest BCUT2D eigenvalue weighted by atomic mass is 9.81. The molecule has 2 rings (SSSR count). The van der Waals surface area contributed by atoms with Crippen LogP contribution >= 0.6 is 0 Å². The number of aromatic carboxylic acids is 1. The van der Waals surface area contributed by atoms with Gasteiger partial charge in [-0.2, -0.15) is 0 Å². The standard InChI is InChI=1S/C10H12O3/c11-10(12)9-5-8(6-13-9)4-7-2-1-3-7/h5-7H,1-4H2,(H,11,12). The number of carboxylic acids is 1. The molecule has 13 heavy (non-hydrogen) atoms. The van der Waals surface area contributed by atoms with Crippen molar-refractivity contribution in [3.05, 3.63) is 23.7 Å². The van der Waals surface area contributed by atoms with E-state index >= 15 is 0 Å². The number of hydrogen-bond acceptors (Lipinski definition) is 2. The SMILES string of the molecule is O=C(O)c1cc(CC2CCC2)co1. The molecule has 70 valence electrons. The molecule has 0 atom stereocenters. The van der Waals surface area contributed by atoms with Gasteiger partial charge in [0.15, 0.2) is 0 Å². The predicted molar refractivity (Wildman–Crippen MR) is 46.7 cm³/mol. The predicted octanol–water partition coefficient (Wildman–Crippen LogP) is 2.32. The van der Waals surface area contributed by atoms with E-state index in [2.05, 4.69) is 0 Å². The zero-order valence-electron chi connectivity index (χ0n) is 7.32. The summed E-state index contributed by atoms with van der Waals surface area (Å²) in [4.78, 5) is 10.5. The van der Waals surface area contributed by atoms with E-state index in [4.69, 9.17) is 9.52 Å². The van der Waals surface area contributed by atoms with Gasteiger partial charge in [0.25, 0.3) is 0 Å². The quantitative estimate of drug-likeness (QED) is 0.776. The summed E-state index contributed by atoms with van der Waals surface area (Å²) >= 11 is 0. The first-order valence-electron chi connectivity index (χ1n) is 4.56. The number of rotatable bonds is 3. The molecule has 0 aliphatic heterocycles. The summed E-state index contributed by atoms with van der Waals surface area (Å²) in [7, 11) is 0. The fourth-order valence-corrected chi connectivity index (χ4v) is 1.63. The highest BCUT2D eigenvalue weighted by Gasteiger charge is 2.19. The second-order valence-electron chi connectivity index (χ2n) is 3.63. The number of carboxylic acid groups (broad SMARTS) is 1. The van der Waals surface area contributed by atoms with E-state index < -0.39 is 5.97 Å². The van der Waals surface area contributed by atoms with Crippen LogP contribution in [0, 0.1) is 5.92 Å². The fourth-order valence-electron chi connectivity index (χ4n) is 1.63. The van der Waals surface area contributed by atoms with Gasteiger partial charge in [-0.05, 0) is 24.0 Å². The number of carbonyl (C=O) groups is 1. The van der Waals surface area contributed by atoms with Crippen molar-refractivity contribution in [3.8, 4) is 0 Å². The van der Waals surface area contributed by atoms with E-state index in [9.17, 15) is 4.79 Å². The third-order valence-electron chi connectivity index (χ3n) is 2.61. The van der Waals surface area contributed by atoms with Crippen LogP contribution in [0.1, 0.15) is 35.4 Å². The summed E-state index contributed by atoms with van der Waals surface area (Å²) < 4.78 is 4.90. The van der Waals surface area contributed by atoms with Gasteiger partial charge >= 0.3 is 5.97 Å².